The van der Waals surface area contributed by atoms with Crippen LogP contribution in [0.2, 0.25) is 0 Å². The highest BCUT2D eigenvalue weighted by Crippen LogP contribution is 2.36. The molecule has 0 aromatic carbocycles. The van der Waals surface area contributed by atoms with Gasteiger partial charge in [0.25, 0.3) is 5.91 Å². The molecule has 3 heterocycles. The molecule has 4 rings (SSSR count). The summed E-state index contributed by atoms with van der Waals surface area (Å²) in [5, 5.41) is 0.215. The fraction of sp³-hybridized carbons (Fsp3) is 0.706. The Bertz CT molecular complexity index is 913. The summed E-state index contributed by atoms with van der Waals surface area (Å²) in [6.45, 7) is 1.59. The molecular weight excluding hydrogens is 402 g/mol. The van der Waals surface area contributed by atoms with Gasteiger partial charge < -0.3 is 9.80 Å². The SMILES string of the molecule is CN1CCc2nc(C(=O)N3C4C[C@@H](C(=O)N(C)C)CC[C@@H]4NS3(=O)=O)sc2C1. The highest BCUT2D eigenvalue weighted by atomic mass is 32.2. The van der Waals surface area contributed by atoms with Crippen molar-refractivity contribution in [2.45, 2.75) is 44.3 Å². The van der Waals surface area contributed by atoms with Gasteiger partial charge in [-0.15, -0.1) is 11.3 Å². The van der Waals surface area contributed by atoms with E-state index >= 15 is 0 Å². The van der Waals surface area contributed by atoms with E-state index in [-0.39, 0.29) is 22.9 Å². The average molecular weight is 428 g/mol. The van der Waals surface area contributed by atoms with Gasteiger partial charge in [-0.05, 0) is 26.3 Å². The van der Waals surface area contributed by atoms with E-state index in [1.165, 1.54) is 16.2 Å². The van der Waals surface area contributed by atoms with Crippen molar-refractivity contribution in [1.82, 2.24) is 23.8 Å². The molecule has 1 aliphatic carbocycles. The molecule has 1 unspecified atom stereocenters. The summed E-state index contributed by atoms with van der Waals surface area (Å²) in [6.07, 6.45) is 2.25. The maximum atomic E-state index is 13.2. The number of nitrogens with one attached hydrogen (secondary N) is 1. The van der Waals surface area contributed by atoms with Crippen molar-refractivity contribution < 1.29 is 18.0 Å². The molecule has 1 saturated heterocycles. The van der Waals surface area contributed by atoms with Crippen molar-refractivity contribution >= 4 is 33.4 Å². The van der Waals surface area contributed by atoms with Gasteiger partial charge in [-0.2, -0.15) is 13.1 Å². The van der Waals surface area contributed by atoms with Crippen LogP contribution in [0.15, 0.2) is 0 Å². The largest absolute Gasteiger partial charge is 0.349 e. The van der Waals surface area contributed by atoms with Gasteiger partial charge >= 0.3 is 10.2 Å². The number of rotatable bonds is 2. The summed E-state index contributed by atoms with van der Waals surface area (Å²) in [5.41, 5.74) is 0.886. The van der Waals surface area contributed by atoms with Crippen molar-refractivity contribution in [3.8, 4) is 0 Å². The number of thiazole rings is 1. The molecule has 1 aromatic rings. The molecule has 28 heavy (non-hydrogen) atoms. The first kappa shape index (κ1) is 19.7. The molecule has 2 aliphatic heterocycles. The summed E-state index contributed by atoms with van der Waals surface area (Å²) in [4.78, 5) is 34.7. The lowest BCUT2D eigenvalue weighted by molar-refractivity contribution is -0.134. The number of amides is 2. The van der Waals surface area contributed by atoms with Gasteiger partial charge in [-0.3, -0.25) is 9.59 Å². The molecule has 9 nitrogen and oxygen atoms in total. The van der Waals surface area contributed by atoms with E-state index in [0.717, 1.165) is 34.4 Å². The quantitative estimate of drug-likeness (QED) is 0.715. The minimum Gasteiger partial charge on any atom is -0.349 e. The Hall–Kier alpha value is -1.56. The third-order valence-electron chi connectivity index (χ3n) is 5.77. The summed E-state index contributed by atoms with van der Waals surface area (Å²) in [6, 6.07) is -0.898. The second-order valence-electron chi connectivity index (χ2n) is 8.02. The van der Waals surface area contributed by atoms with E-state index in [9.17, 15) is 18.0 Å². The van der Waals surface area contributed by atoms with Crippen molar-refractivity contribution in [2.24, 2.45) is 5.92 Å². The smallest absolute Gasteiger partial charge is 0.304 e. The van der Waals surface area contributed by atoms with Crippen LogP contribution in [0.1, 0.15) is 39.6 Å². The van der Waals surface area contributed by atoms with Gasteiger partial charge in [0.15, 0.2) is 5.01 Å². The minimum atomic E-state index is -3.93. The monoisotopic (exact) mass is 427 g/mol. The van der Waals surface area contributed by atoms with Crippen LogP contribution in [0.5, 0.6) is 0 Å². The number of aromatic nitrogens is 1. The molecule has 1 N–H and O–H groups in total. The Morgan fingerprint density at radius 3 is 2.75 bits per heavy atom. The van der Waals surface area contributed by atoms with E-state index in [1.807, 2.05) is 7.05 Å². The van der Waals surface area contributed by atoms with Gasteiger partial charge in [-0.1, -0.05) is 0 Å². The summed E-state index contributed by atoms with van der Waals surface area (Å²) in [5.74, 6) is -0.886. The Balaban J connectivity index is 1.62. The zero-order chi connectivity index (χ0) is 20.2. The molecule has 3 aliphatic rings. The molecule has 3 atom stereocenters. The third-order valence-corrected chi connectivity index (χ3v) is 8.40. The lowest BCUT2D eigenvalue weighted by Crippen LogP contribution is -2.47. The molecule has 2 amide bonds. The third kappa shape index (κ3) is 3.34. The fourth-order valence-corrected chi connectivity index (χ4v) is 7.18. The van der Waals surface area contributed by atoms with E-state index < -0.39 is 22.2 Å². The van der Waals surface area contributed by atoms with Crippen LogP contribution in [-0.4, -0.2) is 79.1 Å². The molecule has 11 heteroatoms. The van der Waals surface area contributed by atoms with Crippen LogP contribution >= 0.6 is 11.3 Å². The first-order valence-corrected chi connectivity index (χ1v) is 11.7. The average Bonchev–Trinajstić information content (AvgIpc) is 3.16. The number of carbonyl (C=O) groups excluding carboxylic acids is 2. The van der Waals surface area contributed by atoms with Crippen molar-refractivity contribution in [3.05, 3.63) is 15.6 Å². The van der Waals surface area contributed by atoms with E-state index in [0.29, 0.717) is 19.3 Å². The van der Waals surface area contributed by atoms with Crippen LogP contribution < -0.4 is 4.72 Å². The van der Waals surface area contributed by atoms with Crippen LogP contribution in [0.3, 0.4) is 0 Å². The first-order chi connectivity index (χ1) is 13.2. The van der Waals surface area contributed by atoms with Crippen LogP contribution in [-0.2, 0) is 28.0 Å². The molecule has 2 fully saturated rings. The zero-order valence-corrected chi connectivity index (χ0v) is 17.8. The van der Waals surface area contributed by atoms with Crippen molar-refractivity contribution in [3.63, 3.8) is 0 Å². The van der Waals surface area contributed by atoms with Gasteiger partial charge in [0.05, 0.1) is 11.7 Å². The maximum Gasteiger partial charge on any atom is 0.304 e. The van der Waals surface area contributed by atoms with Crippen LogP contribution in [0, 0.1) is 5.92 Å². The zero-order valence-electron chi connectivity index (χ0n) is 16.2. The molecule has 0 bridgehead atoms. The lowest BCUT2D eigenvalue weighted by Gasteiger charge is -2.33. The minimum absolute atomic E-state index is 0.0251. The Morgan fingerprint density at radius 1 is 1.29 bits per heavy atom. The molecular formula is C17H25N5O4S2. The summed E-state index contributed by atoms with van der Waals surface area (Å²) < 4.78 is 29.0. The van der Waals surface area contributed by atoms with E-state index in [1.54, 1.807) is 14.1 Å². The second kappa shape index (κ2) is 7.05. The molecule has 0 radical (unpaired) electrons. The molecule has 0 spiro atoms. The van der Waals surface area contributed by atoms with Crippen molar-refractivity contribution in [2.75, 3.05) is 27.7 Å². The number of likely N-dealkylation sites (N-methyl/N-ethyl adjacent to an activating group) is 1. The number of fused-ring (bicyclic) bond motifs is 2. The van der Waals surface area contributed by atoms with Gasteiger partial charge in [0, 0.05) is 50.4 Å². The Labute approximate surface area is 168 Å². The van der Waals surface area contributed by atoms with Crippen LogP contribution in [0.4, 0.5) is 0 Å². The predicted molar refractivity (Wildman–Crippen MR) is 104 cm³/mol. The maximum absolute atomic E-state index is 13.2. The number of carbonyl (C=O) groups is 2. The number of hydrogen-bond acceptors (Lipinski definition) is 7. The summed E-state index contributed by atoms with van der Waals surface area (Å²) in [7, 11) is 1.46. The molecule has 154 valence electrons. The number of hydrogen-bond donors (Lipinski definition) is 1. The van der Waals surface area contributed by atoms with Gasteiger partial charge in [0.1, 0.15) is 0 Å². The van der Waals surface area contributed by atoms with E-state index in [2.05, 4.69) is 14.6 Å². The standard InChI is InChI=1S/C17H25N5O4S2/c1-20(2)16(23)10-4-5-11-13(8-10)22(28(25,26)19-11)17(24)15-18-12-6-7-21(3)9-14(12)27-15/h10-11,13,19H,4-9H2,1-3H3/t10-,11-,13?/m0/s1. The topological polar surface area (TPSA) is 103 Å². The van der Waals surface area contributed by atoms with Crippen molar-refractivity contribution in [1.29, 1.82) is 0 Å². The predicted octanol–water partition coefficient (Wildman–Crippen LogP) is 0.0467. The molecule has 1 aromatic heterocycles. The summed E-state index contributed by atoms with van der Waals surface area (Å²) >= 11 is 1.27. The fourth-order valence-electron chi connectivity index (χ4n) is 4.33. The lowest BCUT2D eigenvalue weighted by atomic mass is 9.82. The Kier molecular flexibility index (Phi) is 4.97. The highest BCUT2D eigenvalue weighted by Gasteiger charge is 2.51. The van der Waals surface area contributed by atoms with E-state index in [4.69, 9.17) is 0 Å². The number of nitrogens with zero attached hydrogens (tertiary/aromatic N) is 4. The Morgan fingerprint density at radius 2 is 2.04 bits per heavy atom. The van der Waals surface area contributed by atoms with Crippen LogP contribution in [0.25, 0.3) is 0 Å². The van der Waals surface area contributed by atoms with Gasteiger partial charge in [0.2, 0.25) is 5.91 Å². The normalized spacial score (nSPS) is 29.2. The highest BCUT2D eigenvalue weighted by molar-refractivity contribution is 7.88. The second-order valence-corrected chi connectivity index (χ2v) is 10.7. The first-order valence-electron chi connectivity index (χ1n) is 9.41. The molecule has 1 saturated carbocycles. The van der Waals surface area contributed by atoms with Gasteiger partial charge in [-0.25, -0.2) is 9.29 Å².